The molecule has 1 aliphatic rings. The van der Waals surface area contributed by atoms with Gasteiger partial charge in [0, 0.05) is 25.6 Å². The highest BCUT2D eigenvalue weighted by Crippen LogP contribution is 2.19. The van der Waals surface area contributed by atoms with Crippen LogP contribution in [-0.4, -0.2) is 59.6 Å². The molecule has 0 saturated carbocycles. The van der Waals surface area contributed by atoms with Crippen molar-refractivity contribution in [2.75, 3.05) is 13.1 Å². The van der Waals surface area contributed by atoms with Crippen LogP contribution in [-0.2, 0) is 15.9 Å². The van der Waals surface area contributed by atoms with Crippen LogP contribution in [0.2, 0.25) is 0 Å². The first kappa shape index (κ1) is 25.4. The van der Waals surface area contributed by atoms with Crippen molar-refractivity contribution in [1.82, 2.24) is 15.5 Å². The highest BCUT2D eigenvalue weighted by Gasteiger charge is 2.29. The second-order valence-electron chi connectivity index (χ2n) is 8.08. The maximum Gasteiger partial charge on any atom is 0.635 e. The number of carbonyl (C=O) groups is 2. The molecule has 0 aliphatic carbocycles. The highest BCUT2D eigenvalue weighted by atomic mass is 16.6. The normalized spacial score (nSPS) is 17.4. The number of carbonyl (C=O) groups excluding carboxylic acids is 2. The van der Waals surface area contributed by atoms with Crippen LogP contribution < -0.4 is 10.6 Å². The molecule has 10 heteroatoms. The van der Waals surface area contributed by atoms with E-state index in [0.717, 1.165) is 18.4 Å². The Labute approximate surface area is 189 Å². The minimum Gasteiger partial charge on any atom is -0.402 e. The standard InChI is InChI=1S/C22H31BN4O5/c1-16(2)12-18(14-24)21(28)27-11-7-6-10-19(27)15-25-22(29)26-20(32-23(30)31)13-17-8-4-3-5-9-17/h3-5,8-9,12,16,19-20,30-31H,6-7,10-11,13,15H2,1-2H3,(H2,25,26,29)/t19-,20+/m0/s1. The van der Waals surface area contributed by atoms with Crippen molar-refractivity contribution in [1.29, 1.82) is 5.26 Å². The van der Waals surface area contributed by atoms with Crippen molar-refractivity contribution < 1.29 is 24.3 Å². The summed E-state index contributed by atoms with van der Waals surface area (Å²) in [5, 5.41) is 33.0. The Kier molecular flexibility index (Phi) is 10.2. The second-order valence-corrected chi connectivity index (χ2v) is 8.08. The minimum atomic E-state index is -2.03. The van der Waals surface area contributed by atoms with Gasteiger partial charge in [0.25, 0.3) is 5.91 Å². The molecule has 0 unspecified atom stereocenters. The number of hydrogen-bond donors (Lipinski definition) is 4. The number of rotatable bonds is 9. The van der Waals surface area contributed by atoms with Crippen molar-refractivity contribution in [3.63, 3.8) is 0 Å². The van der Waals surface area contributed by atoms with E-state index < -0.39 is 19.6 Å². The Hall–Kier alpha value is -2.87. The molecule has 9 nitrogen and oxygen atoms in total. The van der Waals surface area contributed by atoms with E-state index in [-0.39, 0.29) is 36.4 Å². The number of amides is 3. The predicted octanol–water partition coefficient (Wildman–Crippen LogP) is 1.33. The Morgan fingerprint density at radius 3 is 2.66 bits per heavy atom. The van der Waals surface area contributed by atoms with E-state index in [1.54, 1.807) is 11.0 Å². The van der Waals surface area contributed by atoms with Gasteiger partial charge in [0.1, 0.15) is 17.9 Å². The largest absolute Gasteiger partial charge is 0.635 e. The van der Waals surface area contributed by atoms with E-state index in [9.17, 15) is 14.9 Å². The zero-order chi connectivity index (χ0) is 23.5. The van der Waals surface area contributed by atoms with Crippen LogP contribution in [0.15, 0.2) is 42.0 Å². The van der Waals surface area contributed by atoms with Gasteiger partial charge in [-0.1, -0.05) is 50.3 Å². The molecule has 1 aromatic carbocycles. The van der Waals surface area contributed by atoms with Gasteiger partial charge in [-0.25, -0.2) is 4.79 Å². The first-order valence-corrected chi connectivity index (χ1v) is 10.8. The first-order valence-electron chi connectivity index (χ1n) is 10.8. The Balaban J connectivity index is 1.97. The van der Waals surface area contributed by atoms with Crippen LogP contribution >= 0.6 is 0 Å². The van der Waals surface area contributed by atoms with Gasteiger partial charge >= 0.3 is 13.4 Å². The van der Waals surface area contributed by atoms with E-state index in [0.29, 0.717) is 13.0 Å². The Morgan fingerprint density at radius 2 is 2.03 bits per heavy atom. The van der Waals surface area contributed by atoms with Gasteiger partial charge in [-0.05, 0) is 30.7 Å². The lowest BCUT2D eigenvalue weighted by molar-refractivity contribution is -0.130. The molecule has 0 radical (unpaired) electrons. The second kappa shape index (κ2) is 12.9. The molecule has 172 valence electrons. The van der Waals surface area contributed by atoms with Gasteiger partial charge in [0.15, 0.2) is 0 Å². The highest BCUT2D eigenvalue weighted by molar-refractivity contribution is 6.32. The number of nitriles is 1. The molecular formula is C22H31BN4O5. The van der Waals surface area contributed by atoms with E-state index in [1.807, 2.05) is 50.2 Å². The molecule has 4 N–H and O–H groups in total. The van der Waals surface area contributed by atoms with E-state index >= 15 is 0 Å². The summed E-state index contributed by atoms with van der Waals surface area (Å²) in [6, 6.07) is 10.4. The van der Waals surface area contributed by atoms with E-state index in [2.05, 4.69) is 10.6 Å². The summed E-state index contributed by atoms with van der Waals surface area (Å²) in [6.07, 6.45) is 3.41. The summed E-state index contributed by atoms with van der Waals surface area (Å²) < 4.78 is 4.99. The van der Waals surface area contributed by atoms with Gasteiger partial charge < -0.3 is 30.2 Å². The van der Waals surface area contributed by atoms with Gasteiger partial charge in [0.2, 0.25) is 0 Å². The van der Waals surface area contributed by atoms with Gasteiger partial charge in [-0.15, -0.1) is 0 Å². The quantitative estimate of drug-likeness (QED) is 0.197. The summed E-state index contributed by atoms with van der Waals surface area (Å²) in [7, 11) is -2.03. The molecule has 0 aromatic heterocycles. The molecule has 1 saturated heterocycles. The molecule has 2 rings (SSSR count). The lowest BCUT2D eigenvalue weighted by atomic mass is 10.00. The zero-order valence-corrected chi connectivity index (χ0v) is 18.5. The predicted molar refractivity (Wildman–Crippen MR) is 120 cm³/mol. The van der Waals surface area contributed by atoms with Crippen LogP contribution in [0.25, 0.3) is 0 Å². The molecule has 1 aromatic rings. The van der Waals surface area contributed by atoms with Crippen LogP contribution in [0.1, 0.15) is 38.7 Å². The van der Waals surface area contributed by atoms with Crippen LogP contribution in [0, 0.1) is 17.2 Å². The number of nitrogens with one attached hydrogen (secondary N) is 2. The molecule has 1 fully saturated rings. The van der Waals surface area contributed by atoms with Crippen LogP contribution in [0.3, 0.4) is 0 Å². The lowest BCUT2D eigenvalue weighted by Crippen LogP contribution is -2.53. The fraction of sp³-hybridized carbons (Fsp3) is 0.500. The maximum absolute atomic E-state index is 12.9. The monoisotopic (exact) mass is 442 g/mol. The van der Waals surface area contributed by atoms with Gasteiger partial charge in [-0.3, -0.25) is 4.79 Å². The van der Waals surface area contributed by atoms with E-state index in [4.69, 9.17) is 14.7 Å². The van der Waals surface area contributed by atoms with Crippen molar-refractivity contribution >= 4 is 19.3 Å². The molecular weight excluding hydrogens is 411 g/mol. The number of urea groups is 1. The number of nitrogens with zero attached hydrogens (tertiary/aromatic N) is 2. The number of piperidine rings is 1. The van der Waals surface area contributed by atoms with Crippen LogP contribution in [0.5, 0.6) is 0 Å². The topological polar surface area (TPSA) is 135 Å². The van der Waals surface area contributed by atoms with Gasteiger partial charge in [-0.2, -0.15) is 5.26 Å². The molecule has 1 aliphatic heterocycles. The Morgan fingerprint density at radius 1 is 1.31 bits per heavy atom. The molecule has 32 heavy (non-hydrogen) atoms. The Bertz CT molecular complexity index is 825. The van der Waals surface area contributed by atoms with Crippen molar-refractivity contribution in [2.45, 2.75) is 51.8 Å². The zero-order valence-electron chi connectivity index (χ0n) is 18.5. The molecule has 0 bridgehead atoms. The number of benzene rings is 1. The smallest absolute Gasteiger partial charge is 0.402 e. The summed E-state index contributed by atoms with van der Waals surface area (Å²) in [4.78, 5) is 27.0. The third kappa shape index (κ3) is 8.34. The SMILES string of the molecule is CC(C)C=C(C#N)C(=O)N1CCCC[C@H]1CNC(=O)N[C@@H](Cc1ccccc1)OB(O)O. The summed E-state index contributed by atoms with van der Waals surface area (Å²) in [5.41, 5.74) is 0.966. The third-order valence-corrected chi connectivity index (χ3v) is 5.08. The van der Waals surface area contributed by atoms with Crippen molar-refractivity contribution in [3.8, 4) is 6.07 Å². The molecule has 3 amide bonds. The number of allylic oxidation sites excluding steroid dienone is 1. The molecule has 0 spiro atoms. The fourth-order valence-corrected chi connectivity index (χ4v) is 3.64. The van der Waals surface area contributed by atoms with Crippen molar-refractivity contribution in [3.05, 3.63) is 47.5 Å². The fourth-order valence-electron chi connectivity index (χ4n) is 3.64. The lowest BCUT2D eigenvalue weighted by Gasteiger charge is -2.36. The summed E-state index contributed by atoms with van der Waals surface area (Å²) in [6.45, 7) is 4.54. The summed E-state index contributed by atoms with van der Waals surface area (Å²) >= 11 is 0. The number of likely N-dealkylation sites (tertiary alicyclic amines) is 1. The average molecular weight is 442 g/mol. The third-order valence-electron chi connectivity index (χ3n) is 5.08. The average Bonchev–Trinajstić information content (AvgIpc) is 2.76. The van der Waals surface area contributed by atoms with Crippen LogP contribution in [0.4, 0.5) is 4.79 Å². The molecule has 1 heterocycles. The molecule has 2 atom stereocenters. The maximum atomic E-state index is 12.9. The number of hydrogen-bond acceptors (Lipinski definition) is 6. The van der Waals surface area contributed by atoms with Crippen molar-refractivity contribution in [2.24, 2.45) is 5.92 Å². The van der Waals surface area contributed by atoms with E-state index in [1.165, 1.54) is 0 Å². The van der Waals surface area contributed by atoms with Gasteiger partial charge in [0.05, 0.1) is 0 Å². The first-order chi connectivity index (χ1) is 15.3. The summed E-state index contributed by atoms with van der Waals surface area (Å²) in [5.74, 6) is -0.244. The minimum absolute atomic E-state index is 0.0733.